The molecule has 2 aromatic carbocycles. The molecule has 0 bridgehead atoms. The fraction of sp³-hybridized carbons (Fsp3) is 0.333. The molecule has 0 fully saturated rings. The van der Waals surface area contributed by atoms with Gasteiger partial charge in [0.25, 0.3) is 0 Å². The van der Waals surface area contributed by atoms with E-state index in [1.807, 2.05) is 0 Å². The van der Waals surface area contributed by atoms with Gasteiger partial charge in [-0.25, -0.2) is 0 Å². The summed E-state index contributed by atoms with van der Waals surface area (Å²) in [5.41, 5.74) is 7.50. The first-order chi connectivity index (χ1) is 12.1. The smallest absolute Gasteiger partial charge is 0.0724 e. The molecule has 1 unspecified atom stereocenters. The van der Waals surface area contributed by atoms with Crippen molar-refractivity contribution in [2.24, 2.45) is 5.92 Å². The summed E-state index contributed by atoms with van der Waals surface area (Å²) in [6, 6.07) is 20.4. The van der Waals surface area contributed by atoms with Gasteiger partial charge in [0.05, 0.1) is 9.52 Å². The zero-order valence-electron chi connectivity index (χ0n) is 16.1. The van der Waals surface area contributed by atoms with E-state index in [1.165, 1.54) is 36.0 Å². The molecule has 0 saturated carbocycles. The maximum Gasteiger partial charge on any atom is 0.0835 e. The van der Waals surface area contributed by atoms with E-state index in [0.717, 1.165) is 0 Å². The van der Waals surface area contributed by atoms with Crippen LogP contribution < -0.4 is 5.19 Å². The molecule has 1 aliphatic rings. The fourth-order valence-corrected chi connectivity index (χ4v) is 6.05. The second kappa shape index (κ2) is 8.01. The molecule has 2 aromatic rings. The molecular weight excluding hydrogens is 316 g/mol. The lowest BCUT2D eigenvalue weighted by Crippen LogP contribution is -2.19. The fourth-order valence-electron chi connectivity index (χ4n) is 4.07. The first-order valence-corrected chi connectivity index (χ1v) is 11.1. The van der Waals surface area contributed by atoms with Crippen LogP contribution in [0.4, 0.5) is 0 Å². The Balaban J connectivity index is 1.82. The topological polar surface area (TPSA) is 0 Å². The highest BCUT2D eigenvalue weighted by Gasteiger charge is 2.27. The molecular formula is C24H30Si. The van der Waals surface area contributed by atoms with E-state index < -0.39 is 0 Å². The van der Waals surface area contributed by atoms with Crippen LogP contribution in [0.3, 0.4) is 0 Å². The minimum atomic E-state index is -0.380. The molecule has 0 aliphatic heterocycles. The lowest BCUT2D eigenvalue weighted by molar-refractivity contribution is 0.795. The van der Waals surface area contributed by atoms with Gasteiger partial charge >= 0.3 is 0 Å². The van der Waals surface area contributed by atoms with Crippen LogP contribution in [-0.4, -0.2) is 9.52 Å². The van der Waals surface area contributed by atoms with Crippen molar-refractivity contribution in [1.29, 1.82) is 0 Å². The molecule has 1 atom stereocenters. The van der Waals surface area contributed by atoms with Gasteiger partial charge in [-0.05, 0) is 54.9 Å². The quantitative estimate of drug-likeness (QED) is 0.629. The van der Waals surface area contributed by atoms with Crippen LogP contribution in [0.1, 0.15) is 51.7 Å². The molecule has 25 heavy (non-hydrogen) atoms. The molecule has 0 spiro atoms. The average molecular weight is 347 g/mol. The summed E-state index contributed by atoms with van der Waals surface area (Å²) in [6.45, 7) is 9.32. The van der Waals surface area contributed by atoms with Crippen molar-refractivity contribution in [2.75, 3.05) is 0 Å². The van der Waals surface area contributed by atoms with E-state index in [2.05, 4.69) is 82.3 Å². The SMILES string of the molecule is CCCCc1ccc(C2=C(C)C(C)=C([SiH2]c3ccccc3)C2C)cc1. The zero-order valence-corrected chi connectivity index (χ0v) is 17.5. The highest BCUT2D eigenvalue weighted by atomic mass is 28.2. The molecule has 0 amide bonds. The summed E-state index contributed by atoms with van der Waals surface area (Å²) in [6.07, 6.45) is 3.75. The van der Waals surface area contributed by atoms with E-state index >= 15 is 0 Å². The number of hydrogen-bond acceptors (Lipinski definition) is 0. The monoisotopic (exact) mass is 346 g/mol. The Kier molecular flexibility index (Phi) is 5.75. The normalized spacial score (nSPS) is 18.0. The van der Waals surface area contributed by atoms with Crippen LogP contribution in [0, 0.1) is 5.92 Å². The van der Waals surface area contributed by atoms with Crippen LogP contribution in [0.25, 0.3) is 5.57 Å². The van der Waals surface area contributed by atoms with Crippen molar-refractivity contribution in [3.8, 4) is 0 Å². The molecule has 0 N–H and O–H groups in total. The van der Waals surface area contributed by atoms with E-state index in [4.69, 9.17) is 0 Å². The predicted molar refractivity (Wildman–Crippen MR) is 114 cm³/mol. The van der Waals surface area contributed by atoms with Gasteiger partial charge in [0.1, 0.15) is 0 Å². The standard InChI is InChI=1S/C24H30Si/c1-5-6-10-20-13-15-21(16-14-20)23-17(2)18(3)24(19(23)4)25-22-11-8-7-9-12-22/h7-9,11-16,19H,5-6,10,25H2,1-4H3. The largest absolute Gasteiger partial charge is 0.0835 e. The third kappa shape index (κ3) is 3.87. The zero-order chi connectivity index (χ0) is 17.8. The summed E-state index contributed by atoms with van der Waals surface area (Å²) in [5, 5.41) is 3.27. The van der Waals surface area contributed by atoms with Gasteiger partial charge in [-0.15, -0.1) is 0 Å². The van der Waals surface area contributed by atoms with Crippen molar-refractivity contribution in [1.82, 2.24) is 0 Å². The molecule has 0 nitrogen and oxygen atoms in total. The molecule has 0 radical (unpaired) electrons. The van der Waals surface area contributed by atoms with Crippen molar-refractivity contribution >= 4 is 20.3 Å². The molecule has 1 aliphatic carbocycles. The molecule has 130 valence electrons. The first kappa shape index (κ1) is 17.9. The van der Waals surface area contributed by atoms with Gasteiger partial charge in [0.15, 0.2) is 0 Å². The van der Waals surface area contributed by atoms with Crippen LogP contribution in [-0.2, 0) is 6.42 Å². The van der Waals surface area contributed by atoms with Gasteiger partial charge in [-0.2, -0.15) is 0 Å². The molecule has 0 saturated heterocycles. The second-order valence-corrected chi connectivity index (χ2v) is 9.31. The highest BCUT2D eigenvalue weighted by molar-refractivity contribution is 6.61. The summed E-state index contributed by atoms with van der Waals surface area (Å²) >= 11 is 0. The van der Waals surface area contributed by atoms with E-state index in [1.54, 1.807) is 21.5 Å². The summed E-state index contributed by atoms with van der Waals surface area (Å²) in [7, 11) is -0.380. The maximum absolute atomic E-state index is 2.41. The Morgan fingerprint density at radius 3 is 2.20 bits per heavy atom. The van der Waals surface area contributed by atoms with Crippen molar-refractivity contribution in [3.05, 3.63) is 82.1 Å². The van der Waals surface area contributed by atoms with Gasteiger partial charge in [0, 0.05) is 0 Å². The van der Waals surface area contributed by atoms with Crippen molar-refractivity contribution in [3.63, 3.8) is 0 Å². The predicted octanol–water partition coefficient (Wildman–Crippen LogP) is 5.22. The van der Waals surface area contributed by atoms with Gasteiger partial charge in [-0.3, -0.25) is 0 Å². The Labute approximate surface area is 155 Å². The number of aryl methyl sites for hydroxylation is 1. The van der Waals surface area contributed by atoms with Crippen molar-refractivity contribution in [2.45, 2.75) is 47.0 Å². The van der Waals surface area contributed by atoms with Crippen LogP contribution >= 0.6 is 0 Å². The first-order valence-electron chi connectivity index (χ1n) is 9.65. The number of benzene rings is 2. The van der Waals surface area contributed by atoms with Crippen LogP contribution in [0.15, 0.2) is 70.9 Å². The lowest BCUT2D eigenvalue weighted by atomic mass is 9.93. The molecule has 0 aromatic heterocycles. The Morgan fingerprint density at radius 1 is 0.880 bits per heavy atom. The summed E-state index contributed by atoms with van der Waals surface area (Å²) < 4.78 is 0. The number of unbranched alkanes of at least 4 members (excludes halogenated alkanes) is 1. The number of rotatable bonds is 6. The Bertz CT molecular complexity index is 779. The summed E-state index contributed by atoms with van der Waals surface area (Å²) in [4.78, 5) is 0. The summed E-state index contributed by atoms with van der Waals surface area (Å²) in [5.74, 6) is 0.563. The Morgan fingerprint density at radius 2 is 1.56 bits per heavy atom. The van der Waals surface area contributed by atoms with Gasteiger partial charge < -0.3 is 0 Å². The van der Waals surface area contributed by atoms with Crippen molar-refractivity contribution < 1.29 is 0 Å². The Hall–Kier alpha value is -1.86. The second-order valence-electron chi connectivity index (χ2n) is 7.37. The van der Waals surface area contributed by atoms with Gasteiger partial charge in [0.2, 0.25) is 0 Å². The minimum Gasteiger partial charge on any atom is -0.0724 e. The van der Waals surface area contributed by atoms with Crippen LogP contribution in [0.2, 0.25) is 0 Å². The number of hydrogen-bond donors (Lipinski definition) is 0. The van der Waals surface area contributed by atoms with E-state index in [0.29, 0.717) is 5.92 Å². The molecule has 1 heteroatoms. The lowest BCUT2D eigenvalue weighted by Gasteiger charge is -2.16. The van der Waals surface area contributed by atoms with E-state index in [-0.39, 0.29) is 9.52 Å². The molecule has 0 heterocycles. The third-order valence-electron chi connectivity index (χ3n) is 5.73. The van der Waals surface area contributed by atoms with Crippen LogP contribution in [0.5, 0.6) is 0 Å². The minimum absolute atomic E-state index is 0.380. The maximum atomic E-state index is 2.41. The van der Waals surface area contributed by atoms with E-state index in [9.17, 15) is 0 Å². The third-order valence-corrected chi connectivity index (χ3v) is 8.13. The molecule has 3 rings (SSSR count). The number of allylic oxidation sites excluding steroid dienone is 4. The highest BCUT2D eigenvalue weighted by Crippen LogP contribution is 2.42. The van der Waals surface area contributed by atoms with Gasteiger partial charge in [-0.1, -0.05) is 90.8 Å². The average Bonchev–Trinajstić information content (AvgIpc) is 2.85.